The SMILES string of the molecule is CC(C)N1Cc2ccccc2C(F)(F)C1C1CC1. The van der Waals surface area contributed by atoms with E-state index in [1.807, 2.05) is 30.9 Å². The lowest BCUT2D eigenvalue weighted by molar-refractivity contribution is -0.121. The smallest absolute Gasteiger partial charge is 0.287 e. The van der Waals surface area contributed by atoms with Gasteiger partial charge in [-0.3, -0.25) is 4.90 Å². The van der Waals surface area contributed by atoms with Crippen LogP contribution in [0.3, 0.4) is 0 Å². The van der Waals surface area contributed by atoms with Gasteiger partial charge in [-0.15, -0.1) is 0 Å². The Hall–Kier alpha value is -0.960. The average Bonchev–Trinajstić information content (AvgIpc) is 3.12. The van der Waals surface area contributed by atoms with Crippen LogP contribution < -0.4 is 0 Å². The quantitative estimate of drug-likeness (QED) is 0.773. The summed E-state index contributed by atoms with van der Waals surface area (Å²) in [6.07, 6.45) is 1.90. The van der Waals surface area contributed by atoms with Gasteiger partial charge in [0.25, 0.3) is 5.92 Å². The second-order valence-electron chi connectivity index (χ2n) is 5.83. The second-order valence-corrected chi connectivity index (χ2v) is 5.83. The zero-order valence-electron chi connectivity index (χ0n) is 10.9. The lowest BCUT2D eigenvalue weighted by Gasteiger charge is -2.44. The van der Waals surface area contributed by atoms with Crippen LogP contribution in [0.15, 0.2) is 24.3 Å². The summed E-state index contributed by atoms with van der Waals surface area (Å²) in [5.41, 5.74) is 1.03. The molecule has 0 aromatic heterocycles. The van der Waals surface area contributed by atoms with Crippen molar-refractivity contribution in [3.05, 3.63) is 35.4 Å². The number of fused-ring (bicyclic) bond motifs is 1. The molecule has 1 aromatic carbocycles. The number of hydrogen-bond donors (Lipinski definition) is 0. The monoisotopic (exact) mass is 251 g/mol. The van der Waals surface area contributed by atoms with Crippen molar-refractivity contribution in [1.29, 1.82) is 0 Å². The Balaban J connectivity index is 2.07. The molecule has 98 valence electrons. The fraction of sp³-hybridized carbons (Fsp3) is 0.600. The number of hydrogen-bond acceptors (Lipinski definition) is 1. The van der Waals surface area contributed by atoms with Crippen LogP contribution in [-0.4, -0.2) is 17.0 Å². The van der Waals surface area contributed by atoms with Gasteiger partial charge >= 0.3 is 0 Å². The molecular formula is C15H19F2N. The van der Waals surface area contributed by atoms with Gasteiger partial charge < -0.3 is 0 Å². The minimum atomic E-state index is -2.71. The van der Waals surface area contributed by atoms with Gasteiger partial charge in [-0.1, -0.05) is 24.3 Å². The molecule has 0 spiro atoms. The first kappa shape index (κ1) is 12.1. The summed E-state index contributed by atoms with van der Waals surface area (Å²) in [7, 11) is 0. The Morgan fingerprint density at radius 1 is 1.22 bits per heavy atom. The number of alkyl halides is 2. The summed E-state index contributed by atoms with van der Waals surface area (Å²) >= 11 is 0. The predicted octanol–water partition coefficient (Wildman–Crippen LogP) is 3.78. The molecule has 0 radical (unpaired) electrons. The molecule has 1 fully saturated rings. The third kappa shape index (κ3) is 1.76. The molecule has 0 bridgehead atoms. The van der Waals surface area contributed by atoms with Crippen LogP contribution in [0.25, 0.3) is 0 Å². The molecule has 1 atom stereocenters. The molecule has 1 saturated carbocycles. The largest absolute Gasteiger partial charge is 0.289 e. The second kappa shape index (κ2) is 4.02. The van der Waals surface area contributed by atoms with Gasteiger partial charge in [-0.25, -0.2) is 0 Å². The van der Waals surface area contributed by atoms with Gasteiger partial charge in [0.2, 0.25) is 0 Å². The lowest BCUT2D eigenvalue weighted by Crippen LogP contribution is -2.53. The fourth-order valence-electron chi connectivity index (χ4n) is 3.13. The minimum absolute atomic E-state index is 0.162. The summed E-state index contributed by atoms with van der Waals surface area (Å²) in [4.78, 5) is 1.99. The molecule has 0 saturated heterocycles. The van der Waals surface area contributed by atoms with Crippen molar-refractivity contribution in [3.63, 3.8) is 0 Å². The predicted molar refractivity (Wildman–Crippen MR) is 67.5 cm³/mol. The molecule has 1 unspecified atom stereocenters. The van der Waals surface area contributed by atoms with E-state index in [1.54, 1.807) is 12.1 Å². The number of rotatable bonds is 2. The van der Waals surface area contributed by atoms with Gasteiger partial charge in [0, 0.05) is 18.2 Å². The Bertz CT molecular complexity index is 452. The van der Waals surface area contributed by atoms with Crippen LogP contribution >= 0.6 is 0 Å². The van der Waals surface area contributed by atoms with Crippen LogP contribution in [0, 0.1) is 5.92 Å². The Morgan fingerprint density at radius 2 is 1.89 bits per heavy atom. The van der Waals surface area contributed by atoms with Crippen molar-refractivity contribution in [3.8, 4) is 0 Å². The van der Waals surface area contributed by atoms with Crippen molar-refractivity contribution >= 4 is 0 Å². The maximum absolute atomic E-state index is 14.7. The number of benzene rings is 1. The van der Waals surface area contributed by atoms with Crippen molar-refractivity contribution in [2.24, 2.45) is 5.92 Å². The molecule has 1 aromatic rings. The number of halogens is 2. The third-order valence-electron chi connectivity index (χ3n) is 4.19. The minimum Gasteiger partial charge on any atom is -0.287 e. The van der Waals surface area contributed by atoms with Crippen LogP contribution in [0.1, 0.15) is 37.8 Å². The topological polar surface area (TPSA) is 3.24 Å². The highest BCUT2D eigenvalue weighted by Gasteiger charge is 2.55. The summed E-state index contributed by atoms with van der Waals surface area (Å²) in [5, 5.41) is 0. The maximum Gasteiger partial charge on any atom is 0.289 e. The normalized spacial score (nSPS) is 27.3. The van der Waals surface area contributed by atoms with Gasteiger partial charge in [0.05, 0.1) is 6.04 Å². The van der Waals surface area contributed by atoms with Gasteiger partial charge in [0.15, 0.2) is 0 Å². The van der Waals surface area contributed by atoms with E-state index >= 15 is 0 Å². The van der Waals surface area contributed by atoms with E-state index in [0.29, 0.717) is 6.54 Å². The van der Waals surface area contributed by atoms with Crippen molar-refractivity contribution < 1.29 is 8.78 Å². The highest BCUT2D eigenvalue weighted by atomic mass is 19.3. The Morgan fingerprint density at radius 3 is 2.50 bits per heavy atom. The van der Waals surface area contributed by atoms with Crippen LogP contribution in [0.5, 0.6) is 0 Å². The van der Waals surface area contributed by atoms with E-state index in [1.165, 1.54) is 0 Å². The number of nitrogens with zero attached hydrogens (tertiary/aromatic N) is 1. The zero-order chi connectivity index (χ0) is 12.9. The fourth-order valence-corrected chi connectivity index (χ4v) is 3.13. The first-order valence-corrected chi connectivity index (χ1v) is 6.73. The lowest BCUT2D eigenvalue weighted by atomic mass is 9.87. The van der Waals surface area contributed by atoms with Crippen molar-refractivity contribution in [1.82, 2.24) is 4.90 Å². The van der Waals surface area contributed by atoms with E-state index in [0.717, 1.165) is 18.4 Å². The van der Waals surface area contributed by atoms with E-state index in [9.17, 15) is 8.78 Å². The molecule has 1 aliphatic carbocycles. The van der Waals surface area contributed by atoms with E-state index in [2.05, 4.69) is 0 Å². The van der Waals surface area contributed by atoms with Crippen molar-refractivity contribution in [2.45, 2.75) is 51.2 Å². The first-order valence-electron chi connectivity index (χ1n) is 6.73. The summed E-state index contributed by atoms with van der Waals surface area (Å²) in [6.45, 7) is 4.68. The summed E-state index contributed by atoms with van der Waals surface area (Å²) in [6, 6.07) is 6.57. The van der Waals surface area contributed by atoms with E-state index in [4.69, 9.17) is 0 Å². The Labute approximate surface area is 107 Å². The molecule has 18 heavy (non-hydrogen) atoms. The zero-order valence-corrected chi connectivity index (χ0v) is 10.9. The molecule has 1 heterocycles. The first-order chi connectivity index (χ1) is 8.51. The molecule has 2 aliphatic rings. The summed E-state index contributed by atoms with van der Waals surface area (Å²) < 4.78 is 29.4. The van der Waals surface area contributed by atoms with Gasteiger partial charge in [-0.2, -0.15) is 8.78 Å². The molecule has 1 aliphatic heterocycles. The van der Waals surface area contributed by atoms with Gasteiger partial charge in [0.1, 0.15) is 0 Å². The van der Waals surface area contributed by atoms with Gasteiger partial charge in [-0.05, 0) is 38.2 Å². The van der Waals surface area contributed by atoms with Crippen molar-refractivity contribution in [2.75, 3.05) is 0 Å². The molecule has 1 nitrogen and oxygen atoms in total. The third-order valence-corrected chi connectivity index (χ3v) is 4.19. The van der Waals surface area contributed by atoms with E-state index in [-0.39, 0.29) is 17.5 Å². The van der Waals surface area contributed by atoms with Crippen LogP contribution in [0.2, 0.25) is 0 Å². The van der Waals surface area contributed by atoms with E-state index < -0.39 is 12.0 Å². The molecule has 0 N–H and O–H groups in total. The average molecular weight is 251 g/mol. The molecule has 0 amide bonds. The maximum atomic E-state index is 14.7. The van der Waals surface area contributed by atoms with Crippen LogP contribution in [-0.2, 0) is 12.5 Å². The molecular weight excluding hydrogens is 232 g/mol. The van der Waals surface area contributed by atoms with Crippen LogP contribution in [0.4, 0.5) is 8.78 Å². The summed E-state index contributed by atoms with van der Waals surface area (Å²) in [5.74, 6) is -2.53. The highest BCUT2D eigenvalue weighted by Crippen LogP contribution is 2.51. The Kier molecular flexibility index (Phi) is 2.70. The highest BCUT2D eigenvalue weighted by molar-refractivity contribution is 5.35. The molecule has 3 rings (SSSR count). The standard InChI is InChI=1S/C15H19F2N/c1-10(2)18-9-12-5-3-4-6-13(12)15(16,17)14(18)11-7-8-11/h3-6,10-11,14H,7-9H2,1-2H3. The molecule has 3 heteroatoms.